The van der Waals surface area contributed by atoms with Crippen LogP contribution in [0.25, 0.3) is 22.3 Å². The Kier molecular flexibility index (Phi) is 5.11. The lowest BCUT2D eigenvalue weighted by Crippen LogP contribution is -2.47. The number of aromatic nitrogens is 4. The van der Waals surface area contributed by atoms with E-state index >= 15 is 4.39 Å². The molecule has 6 rings (SSSR count). The molecule has 2 fully saturated rings. The zero-order chi connectivity index (χ0) is 23.8. The van der Waals surface area contributed by atoms with Gasteiger partial charge in [-0.2, -0.15) is 0 Å². The predicted molar refractivity (Wildman–Crippen MR) is 125 cm³/mol. The van der Waals surface area contributed by atoms with Crippen LogP contribution in [0.2, 0.25) is 5.02 Å². The maximum atomic E-state index is 15.2. The number of hydrogen-bond acceptors (Lipinski definition) is 7. The molecular formula is C24H27ClFN5O3. The molecule has 10 heteroatoms. The number of ether oxygens (including phenoxy) is 1. The smallest absolute Gasteiger partial charge is 0.223 e. The average Bonchev–Trinajstić information content (AvgIpc) is 3.39. The molecule has 2 bridgehead atoms. The average molecular weight is 488 g/mol. The minimum Gasteiger partial charge on any atom is -0.388 e. The lowest BCUT2D eigenvalue weighted by Gasteiger charge is -2.35. The van der Waals surface area contributed by atoms with Crippen molar-refractivity contribution in [1.29, 1.82) is 0 Å². The quantitative estimate of drug-likeness (QED) is 0.514. The van der Waals surface area contributed by atoms with Gasteiger partial charge in [0.1, 0.15) is 23.5 Å². The number of nitrogens with zero attached hydrogens (tertiary/aromatic N) is 4. The lowest BCUT2D eigenvalue weighted by atomic mass is 9.91. The first-order valence-electron chi connectivity index (χ1n) is 11.7. The molecule has 0 radical (unpaired) electrons. The first-order valence-corrected chi connectivity index (χ1v) is 12.1. The Morgan fingerprint density at radius 2 is 2.03 bits per heavy atom. The van der Waals surface area contributed by atoms with Gasteiger partial charge in [-0.3, -0.25) is 0 Å². The molecule has 8 nitrogen and oxygen atoms in total. The van der Waals surface area contributed by atoms with Crippen LogP contribution < -0.4 is 5.32 Å². The van der Waals surface area contributed by atoms with Crippen molar-refractivity contribution in [3.8, 4) is 11.3 Å². The number of aliphatic hydroxyl groups excluding tert-OH is 2. The highest BCUT2D eigenvalue weighted by atomic mass is 35.5. The third-order valence-corrected chi connectivity index (χ3v) is 7.73. The number of fused-ring (bicyclic) bond motifs is 5. The Labute approximate surface area is 201 Å². The third-order valence-electron chi connectivity index (χ3n) is 7.46. The number of nitrogens with one attached hydrogen (secondary N) is 1. The van der Waals surface area contributed by atoms with Crippen molar-refractivity contribution in [1.82, 2.24) is 19.5 Å². The van der Waals surface area contributed by atoms with Crippen molar-refractivity contribution in [3.63, 3.8) is 0 Å². The van der Waals surface area contributed by atoms with E-state index in [-0.39, 0.29) is 34.3 Å². The summed E-state index contributed by atoms with van der Waals surface area (Å²) in [5, 5.41) is 24.6. The van der Waals surface area contributed by atoms with Gasteiger partial charge in [0.15, 0.2) is 5.82 Å². The predicted octanol–water partition coefficient (Wildman–Crippen LogP) is 3.94. The van der Waals surface area contributed by atoms with Gasteiger partial charge in [0.25, 0.3) is 0 Å². The SMILES string of the molecule is CC1(C)CCC(O)c2nc3c(F)cc(-c4nc(N[C@@H]5C[C@H]6CC[C@H](O6)[C@H]5O)ncc4Cl)cc3n21. The summed E-state index contributed by atoms with van der Waals surface area (Å²) in [6.07, 6.45) is 3.82. The largest absolute Gasteiger partial charge is 0.388 e. The van der Waals surface area contributed by atoms with E-state index in [1.54, 1.807) is 0 Å². The molecule has 2 saturated heterocycles. The van der Waals surface area contributed by atoms with E-state index in [2.05, 4.69) is 34.1 Å². The van der Waals surface area contributed by atoms with Crippen molar-refractivity contribution in [2.75, 3.05) is 5.32 Å². The molecule has 3 aromatic rings. The molecule has 180 valence electrons. The second-order valence-corrected chi connectivity index (χ2v) is 10.6. The zero-order valence-electron chi connectivity index (χ0n) is 19.0. The minimum absolute atomic E-state index is 0.126. The van der Waals surface area contributed by atoms with Crippen LogP contribution in [-0.2, 0) is 10.3 Å². The molecule has 3 N–H and O–H groups in total. The van der Waals surface area contributed by atoms with Crippen LogP contribution in [0.15, 0.2) is 18.3 Å². The summed E-state index contributed by atoms with van der Waals surface area (Å²) < 4.78 is 22.9. The van der Waals surface area contributed by atoms with Gasteiger partial charge in [-0.1, -0.05) is 11.6 Å². The second-order valence-electron chi connectivity index (χ2n) is 10.2. The first kappa shape index (κ1) is 22.2. The molecule has 0 amide bonds. The Balaban J connectivity index is 1.40. The Morgan fingerprint density at radius 3 is 2.85 bits per heavy atom. The van der Waals surface area contributed by atoms with Gasteiger partial charge >= 0.3 is 0 Å². The molecule has 5 heterocycles. The molecule has 3 aliphatic heterocycles. The lowest BCUT2D eigenvalue weighted by molar-refractivity contribution is -0.0811. The Hall–Kier alpha value is -2.33. The van der Waals surface area contributed by atoms with E-state index in [0.29, 0.717) is 41.4 Å². The summed E-state index contributed by atoms with van der Waals surface area (Å²) >= 11 is 6.45. The molecule has 0 saturated carbocycles. The van der Waals surface area contributed by atoms with Crippen LogP contribution in [0.1, 0.15) is 57.9 Å². The van der Waals surface area contributed by atoms with Crippen molar-refractivity contribution >= 4 is 28.6 Å². The second kappa shape index (κ2) is 7.84. The van der Waals surface area contributed by atoms with Crippen LogP contribution in [0.4, 0.5) is 10.3 Å². The van der Waals surface area contributed by atoms with Gasteiger partial charge in [-0.05, 0) is 58.1 Å². The van der Waals surface area contributed by atoms with E-state index in [9.17, 15) is 10.2 Å². The van der Waals surface area contributed by atoms with Gasteiger partial charge in [0.2, 0.25) is 5.95 Å². The fraction of sp³-hybridized carbons (Fsp3) is 0.542. The van der Waals surface area contributed by atoms with Crippen molar-refractivity contribution in [3.05, 3.63) is 35.0 Å². The van der Waals surface area contributed by atoms with Crippen molar-refractivity contribution in [2.45, 2.75) is 81.9 Å². The number of aliphatic hydroxyl groups is 2. The highest BCUT2D eigenvalue weighted by Gasteiger charge is 2.42. The Bertz CT molecular complexity index is 1280. The van der Waals surface area contributed by atoms with Crippen LogP contribution in [-0.4, -0.2) is 54.1 Å². The van der Waals surface area contributed by atoms with Crippen molar-refractivity contribution in [2.24, 2.45) is 0 Å². The number of hydrogen-bond donors (Lipinski definition) is 3. The summed E-state index contributed by atoms with van der Waals surface area (Å²) in [5.41, 5.74) is 1.36. The summed E-state index contributed by atoms with van der Waals surface area (Å²) in [6.45, 7) is 4.11. The van der Waals surface area contributed by atoms with Gasteiger partial charge in [0.05, 0.1) is 40.7 Å². The number of halogens is 2. The maximum Gasteiger partial charge on any atom is 0.223 e. The zero-order valence-corrected chi connectivity index (χ0v) is 19.8. The standard InChI is InChI=1S/C24H27ClFN5O3/c1-24(2)6-5-17(32)22-29-20-14(26)7-11(8-16(20)31(22)24)19-13(25)10-27-23(30-19)28-15-9-12-3-4-18(34-12)21(15)33/h7-8,10,12,15,17-18,21,32-33H,3-6,9H2,1-2H3,(H,27,28,30)/t12-,15-,17?,18+,21+/m1/s1. The van der Waals surface area contributed by atoms with E-state index < -0.39 is 18.0 Å². The van der Waals surface area contributed by atoms with E-state index in [1.807, 2.05) is 10.6 Å². The normalized spacial score (nSPS) is 29.9. The highest BCUT2D eigenvalue weighted by Crippen LogP contribution is 2.41. The molecule has 0 spiro atoms. The van der Waals surface area contributed by atoms with Crippen LogP contribution in [0.5, 0.6) is 0 Å². The molecule has 1 unspecified atom stereocenters. The van der Waals surface area contributed by atoms with Gasteiger partial charge in [-0.15, -0.1) is 0 Å². The van der Waals surface area contributed by atoms with Gasteiger partial charge < -0.3 is 24.8 Å². The van der Waals surface area contributed by atoms with Gasteiger partial charge in [-0.25, -0.2) is 19.3 Å². The molecule has 34 heavy (non-hydrogen) atoms. The first-order chi connectivity index (χ1) is 16.2. The van der Waals surface area contributed by atoms with Gasteiger partial charge in [0, 0.05) is 11.1 Å². The fourth-order valence-corrected chi connectivity index (χ4v) is 5.87. The summed E-state index contributed by atoms with van der Waals surface area (Å²) in [4.78, 5) is 13.3. The summed E-state index contributed by atoms with van der Waals surface area (Å²) in [6, 6.07) is 2.95. The topological polar surface area (TPSA) is 105 Å². The molecule has 5 atom stereocenters. The fourth-order valence-electron chi connectivity index (χ4n) is 5.67. The van der Waals surface area contributed by atoms with Crippen molar-refractivity contribution < 1.29 is 19.3 Å². The monoisotopic (exact) mass is 487 g/mol. The molecule has 3 aliphatic rings. The molecule has 2 aromatic heterocycles. The van der Waals surface area contributed by atoms with Crippen LogP contribution in [0, 0.1) is 5.82 Å². The van der Waals surface area contributed by atoms with E-state index in [4.69, 9.17) is 16.3 Å². The third kappa shape index (κ3) is 3.48. The van der Waals surface area contributed by atoms with E-state index in [0.717, 1.165) is 19.3 Å². The van der Waals surface area contributed by atoms with E-state index in [1.165, 1.54) is 12.3 Å². The molecule has 0 aliphatic carbocycles. The number of anilines is 1. The number of imidazole rings is 1. The summed E-state index contributed by atoms with van der Waals surface area (Å²) in [5.74, 6) is 0.288. The number of rotatable bonds is 3. The molecular weight excluding hydrogens is 461 g/mol. The van der Waals surface area contributed by atoms with Crippen LogP contribution in [0.3, 0.4) is 0 Å². The minimum atomic E-state index is -0.733. The highest BCUT2D eigenvalue weighted by molar-refractivity contribution is 6.33. The number of benzene rings is 1. The maximum absolute atomic E-state index is 15.2. The van der Waals surface area contributed by atoms with Crippen LogP contribution >= 0.6 is 11.6 Å². The molecule has 1 aromatic carbocycles. The Morgan fingerprint density at radius 1 is 1.21 bits per heavy atom. The summed E-state index contributed by atoms with van der Waals surface area (Å²) in [7, 11) is 0.